The maximum atomic E-state index is 12.7. The van der Waals surface area contributed by atoms with Gasteiger partial charge in [-0.1, -0.05) is 50.8 Å². The van der Waals surface area contributed by atoms with Crippen LogP contribution < -0.4 is 21.3 Å². The maximum absolute atomic E-state index is 12.7. The van der Waals surface area contributed by atoms with E-state index in [-0.39, 0.29) is 17.9 Å². The Morgan fingerprint density at radius 1 is 1.18 bits per heavy atom. The molecule has 0 spiro atoms. The monoisotopic (exact) mass is 513 g/mol. The lowest BCUT2D eigenvalue weighted by atomic mass is 10.0. The summed E-state index contributed by atoms with van der Waals surface area (Å²) in [5, 5.41) is 20.9. The highest BCUT2D eigenvalue weighted by Gasteiger charge is 2.20. The molecule has 9 nitrogen and oxygen atoms in total. The van der Waals surface area contributed by atoms with Crippen molar-refractivity contribution in [2.75, 3.05) is 18.5 Å². The van der Waals surface area contributed by atoms with Gasteiger partial charge in [-0.05, 0) is 54.2 Å². The number of benzene rings is 2. The fourth-order valence-electron chi connectivity index (χ4n) is 4.18. The second-order valence-corrected chi connectivity index (χ2v) is 9.49. The summed E-state index contributed by atoms with van der Waals surface area (Å²) >= 11 is 0. The molecule has 0 atom stereocenters. The first kappa shape index (κ1) is 26.8. The summed E-state index contributed by atoms with van der Waals surface area (Å²) in [6.07, 6.45) is 4.83. The van der Waals surface area contributed by atoms with Crippen LogP contribution >= 0.6 is 0 Å². The van der Waals surface area contributed by atoms with Crippen LogP contribution in [0.5, 0.6) is 0 Å². The molecule has 2 aliphatic rings. The second-order valence-electron chi connectivity index (χ2n) is 9.49. The molecule has 1 amide bonds. The highest BCUT2D eigenvalue weighted by molar-refractivity contribution is 6.04. The smallest absolute Gasteiger partial charge is 0.255 e. The summed E-state index contributed by atoms with van der Waals surface area (Å²) in [4.78, 5) is 22.1. The Bertz CT molecular complexity index is 1270. The number of ether oxygens (including phenoxy) is 1. The van der Waals surface area contributed by atoms with Crippen molar-refractivity contribution in [3.63, 3.8) is 0 Å². The minimum absolute atomic E-state index is 0.120. The van der Waals surface area contributed by atoms with Crippen molar-refractivity contribution in [3.8, 4) is 0 Å². The highest BCUT2D eigenvalue weighted by Crippen LogP contribution is 2.16. The summed E-state index contributed by atoms with van der Waals surface area (Å²) in [6, 6.07) is 15.2. The first-order valence-electron chi connectivity index (χ1n) is 12.8. The SMILES string of the molecule is C=Cc1cccc(C(=O)Nc2cccc(CNC3=NC(NC4CCOCC4)=N/C(=C(/C=N)C(C)C)N3)c2)c1. The third kappa shape index (κ3) is 7.17. The molecule has 198 valence electrons. The van der Waals surface area contributed by atoms with E-state index in [1.807, 2.05) is 50.2 Å². The summed E-state index contributed by atoms with van der Waals surface area (Å²) in [5.74, 6) is 1.59. The fraction of sp³-hybridized carbons (Fsp3) is 0.310. The molecular weight excluding hydrogens is 478 g/mol. The van der Waals surface area contributed by atoms with Crippen molar-refractivity contribution < 1.29 is 9.53 Å². The molecule has 0 unspecified atom stereocenters. The third-order valence-electron chi connectivity index (χ3n) is 6.31. The predicted octanol–water partition coefficient (Wildman–Crippen LogP) is 4.27. The van der Waals surface area contributed by atoms with E-state index in [1.165, 1.54) is 6.21 Å². The Kier molecular flexibility index (Phi) is 9.05. The van der Waals surface area contributed by atoms with Crippen molar-refractivity contribution >= 4 is 35.8 Å². The van der Waals surface area contributed by atoms with Crippen LogP contribution in [-0.2, 0) is 11.3 Å². The van der Waals surface area contributed by atoms with Gasteiger partial charge in [0.1, 0.15) is 5.82 Å². The number of rotatable bonds is 8. The van der Waals surface area contributed by atoms with E-state index in [0.29, 0.717) is 48.7 Å². The van der Waals surface area contributed by atoms with Gasteiger partial charge in [-0.3, -0.25) is 4.79 Å². The van der Waals surface area contributed by atoms with Crippen LogP contribution in [0.3, 0.4) is 0 Å². The van der Waals surface area contributed by atoms with Crippen molar-refractivity contribution in [2.24, 2.45) is 15.9 Å². The third-order valence-corrected chi connectivity index (χ3v) is 6.31. The molecule has 0 aliphatic carbocycles. The topological polar surface area (TPSA) is 123 Å². The van der Waals surface area contributed by atoms with E-state index < -0.39 is 0 Å². The molecule has 2 aromatic carbocycles. The van der Waals surface area contributed by atoms with Crippen molar-refractivity contribution in [2.45, 2.75) is 39.3 Å². The van der Waals surface area contributed by atoms with Crippen LogP contribution in [0.4, 0.5) is 5.69 Å². The van der Waals surface area contributed by atoms with E-state index in [9.17, 15) is 4.79 Å². The fourth-order valence-corrected chi connectivity index (χ4v) is 4.18. The molecule has 0 saturated carbocycles. The van der Waals surface area contributed by atoms with Crippen molar-refractivity contribution in [1.29, 1.82) is 5.41 Å². The second kappa shape index (κ2) is 12.8. The number of anilines is 1. The van der Waals surface area contributed by atoms with Crippen LogP contribution in [0.25, 0.3) is 6.08 Å². The van der Waals surface area contributed by atoms with Gasteiger partial charge >= 0.3 is 0 Å². The molecule has 5 N–H and O–H groups in total. The molecule has 0 bridgehead atoms. The van der Waals surface area contributed by atoms with Crippen LogP contribution in [0, 0.1) is 11.3 Å². The van der Waals surface area contributed by atoms with Crippen LogP contribution in [0.15, 0.2) is 76.5 Å². The number of nitrogens with zero attached hydrogens (tertiary/aromatic N) is 2. The molecule has 0 radical (unpaired) electrons. The maximum Gasteiger partial charge on any atom is 0.255 e. The average molecular weight is 514 g/mol. The normalized spacial score (nSPS) is 17.0. The van der Waals surface area contributed by atoms with E-state index in [0.717, 1.165) is 29.5 Å². The number of hydrogen-bond donors (Lipinski definition) is 5. The summed E-state index contributed by atoms with van der Waals surface area (Å²) in [7, 11) is 0. The Balaban J connectivity index is 1.46. The van der Waals surface area contributed by atoms with Crippen molar-refractivity contribution in [3.05, 3.63) is 83.2 Å². The number of carbonyl (C=O) groups is 1. The van der Waals surface area contributed by atoms with Gasteiger partial charge in [-0.25, -0.2) is 0 Å². The summed E-state index contributed by atoms with van der Waals surface area (Å²) < 4.78 is 5.47. The Hall–Kier alpha value is -4.24. The van der Waals surface area contributed by atoms with Crippen LogP contribution in [0.1, 0.15) is 48.2 Å². The first-order chi connectivity index (χ1) is 18.4. The number of nitrogens with one attached hydrogen (secondary N) is 5. The summed E-state index contributed by atoms with van der Waals surface area (Å²) in [6.45, 7) is 9.72. The van der Waals surface area contributed by atoms with Gasteiger partial charge < -0.3 is 31.4 Å². The molecule has 1 fully saturated rings. The summed E-state index contributed by atoms with van der Waals surface area (Å²) in [5.41, 5.74) is 3.92. The first-order valence-corrected chi connectivity index (χ1v) is 12.8. The van der Waals surface area contributed by atoms with Gasteiger partial charge in [-0.2, -0.15) is 9.98 Å². The number of aliphatic imine (C=N–C) groups is 2. The Morgan fingerprint density at radius 2 is 1.97 bits per heavy atom. The lowest BCUT2D eigenvalue weighted by Gasteiger charge is -2.26. The Labute approximate surface area is 223 Å². The van der Waals surface area contributed by atoms with Crippen molar-refractivity contribution in [1.82, 2.24) is 16.0 Å². The largest absolute Gasteiger partial charge is 0.381 e. The zero-order valence-corrected chi connectivity index (χ0v) is 21.9. The number of amides is 1. The lowest BCUT2D eigenvalue weighted by Crippen LogP contribution is -2.45. The van der Waals surface area contributed by atoms with Gasteiger partial charge in [0.15, 0.2) is 0 Å². The molecular formula is C29H35N7O2. The Morgan fingerprint density at radius 3 is 2.71 bits per heavy atom. The quantitative estimate of drug-likeness (QED) is 0.337. The van der Waals surface area contributed by atoms with E-state index in [2.05, 4.69) is 37.8 Å². The van der Waals surface area contributed by atoms with Gasteiger partial charge in [0.25, 0.3) is 5.91 Å². The minimum atomic E-state index is -0.181. The molecule has 0 aromatic heterocycles. The molecule has 38 heavy (non-hydrogen) atoms. The molecule has 2 heterocycles. The molecule has 4 rings (SSSR count). The standard InChI is InChI=1S/C29H35N7O2/c1-4-20-7-5-9-22(15-20)27(37)32-24-10-6-8-21(16-24)18-31-28-34-26(25(17-30)19(2)3)35-29(36-28)33-23-11-13-38-14-12-23/h4-10,15-17,19,23,30H,1,11-14,18H2,2-3H3,(H,32,37)(H3,31,33,34,35,36)/b26-25-,30-17?. The molecule has 2 aliphatic heterocycles. The molecule has 1 saturated heterocycles. The van der Waals surface area contributed by atoms with Gasteiger partial charge in [-0.15, -0.1) is 0 Å². The van der Waals surface area contributed by atoms with Gasteiger partial charge in [0, 0.05) is 48.8 Å². The number of allylic oxidation sites excluding steroid dienone is 1. The predicted molar refractivity (Wildman–Crippen MR) is 153 cm³/mol. The van der Waals surface area contributed by atoms with E-state index >= 15 is 0 Å². The number of guanidine groups is 2. The number of carbonyl (C=O) groups excluding carboxylic acids is 1. The minimum Gasteiger partial charge on any atom is -0.381 e. The van der Waals surface area contributed by atoms with Gasteiger partial charge in [0.2, 0.25) is 11.9 Å². The van der Waals surface area contributed by atoms with Crippen LogP contribution in [-0.4, -0.2) is 43.3 Å². The highest BCUT2D eigenvalue weighted by atomic mass is 16.5. The van der Waals surface area contributed by atoms with Gasteiger partial charge in [0.05, 0.1) is 0 Å². The van der Waals surface area contributed by atoms with E-state index in [4.69, 9.17) is 10.1 Å². The molecule has 2 aromatic rings. The number of hydrogen-bond acceptors (Lipinski definition) is 8. The average Bonchev–Trinajstić information content (AvgIpc) is 2.93. The molecule has 9 heteroatoms. The zero-order chi connectivity index (χ0) is 26.9. The van der Waals surface area contributed by atoms with Crippen LogP contribution in [0.2, 0.25) is 0 Å². The zero-order valence-electron chi connectivity index (χ0n) is 21.9. The lowest BCUT2D eigenvalue weighted by molar-refractivity contribution is 0.0824. The van der Waals surface area contributed by atoms with E-state index in [1.54, 1.807) is 18.2 Å².